The van der Waals surface area contributed by atoms with Gasteiger partial charge < -0.3 is 9.88 Å². The zero-order valence-corrected chi connectivity index (χ0v) is 12.9. The van der Waals surface area contributed by atoms with Crippen LogP contribution in [0.5, 0.6) is 0 Å². The number of nitrogens with one attached hydrogen (secondary N) is 1. The summed E-state index contributed by atoms with van der Waals surface area (Å²) in [6, 6.07) is 0.573. The highest BCUT2D eigenvalue weighted by molar-refractivity contribution is 4.97. The van der Waals surface area contributed by atoms with E-state index in [9.17, 15) is 0 Å². The van der Waals surface area contributed by atoms with Gasteiger partial charge in [0.25, 0.3) is 0 Å². The van der Waals surface area contributed by atoms with Gasteiger partial charge in [-0.05, 0) is 51.0 Å². The van der Waals surface area contributed by atoms with E-state index in [0.717, 1.165) is 18.9 Å². The molecule has 1 unspecified atom stereocenters. The van der Waals surface area contributed by atoms with Crippen LogP contribution in [0.25, 0.3) is 0 Å². The Kier molecular flexibility index (Phi) is 4.67. The maximum absolute atomic E-state index is 4.52. The molecule has 0 aromatic carbocycles. The molecular weight excluding hydrogens is 234 g/mol. The van der Waals surface area contributed by atoms with E-state index in [0.29, 0.717) is 11.5 Å². The highest BCUT2D eigenvalue weighted by atomic mass is 15.1. The predicted molar refractivity (Wildman–Crippen MR) is 80.2 cm³/mol. The van der Waals surface area contributed by atoms with Crippen LogP contribution in [-0.4, -0.2) is 22.6 Å². The Labute approximate surface area is 117 Å². The minimum Gasteiger partial charge on any atom is -0.335 e. The van der Waals surface area contributed by atoms with E-state index in [4.69, 9.17) is 0 Å². The minimum absolute atomic E-state index is 0.552. The third kappa shape index (κ3) is 3.59. The van der Waals surface area contributed by atoms with Gasteiger partial charge in [-0.1, -0.05) is 13.8 Å². The lowest BCUT2D eigenvalue weighted by Crippen LogP contribution is -2.39. The zero-order chi connectivity index (χ0) is 13.9. The Bertz CT molecular complexity index is 384. The number of aromatic nitrogens is 2. The Morgan fingerprint density at radius 3 is 2.68 bits per heavy atom. The Hall–Kier alpha value is -0.830. The molecule has 1 atom stereocenters. The second kappa shape index (κ2) is 6.08. The average molecular weight is 263 g/mol. The van der Waals surface area contributed by atoms with Crippen molar-refractivity contribution < 1.29 is 0 Å². The molecule has 1 aromatic rings. The largest absolute Gasteiger partial charge is 0.335 e. The second-order valence-electron chi connectivity index (χ2n) is 6.73. The van der Waals surface area contributed by atoms with Crippen LogP contribution in [0.1, 0.15) is 52.3 Å². The third-order valence-corrected chi connectivity index (χ3v) is 4.87. The van der Waals surface area contributed by atoms with Gasteiger partial charge in [0.15, 0.2) is 0 Å². The van der Waals surface area contributed by atoms with E-state index in [-0.39, 0.29) is 0 Å². The lowest BCUT2D eigenvalue weighted by atomic mass is 9.70. The van der Waals surface area contributed by atoms with Gasteiger partial charge in [0.2, 0.25) is 0 Å². The van der Waals surface area contributed by atoms with E-state index >= 15 is 0 Å². The summed E-state index contributed by atoms with van der Waals surface area (Å²) < 4.78 is 2.26. The van der Waals surface area contributed by atoms with Crippen LogP contribution < -0.4 is 5.32 Å². The number of aryl methyl sites for hydroxylation is 1. The molecule has 19 heavy (non-hydrogen) atoms. The van der Waals surface area contributed by atoms with Crippen molar-refractivity contribution >= 4 is 0 Å². The molecule has 1 fully saturated rings. The lowest BCUT2D eigenvalue weighted by Gasteiger charge is -2.38. The van der Waals surface area contributed by atoms with Gasteiger partial charge in [-0.25, -0.2) is 4.98 Å². The van der Waals surface area contributed by atoms with Gasteiger partial charge in [-0.15, -0.1) is 0 Å². The first-order valence-electron chi connectivity index (χ1n) is 7.73. The van der Waals surface area contributed by atoms with E-state index in [1.165, 1.54) is 31.5 Å². The quantitative estimate of drug-likeness (QED) is 0.884. The monoisotopic (exact) mass is 263 g/mol. The molecule has 3 nitrogen and oxygen atoms in total. The summed E-state index contributed by atoms with van der Waals surface area (Å²) in [5.41, 5.74) is 0.552. The number of nitrogens with zero attached hydrogens (tertiary/aromatic N) is 2. The van der Waals surface area contributed by atoms with Crippen LogP contribution in [0.2, 0.25) is 0 Å². The van der Waals surface area contributed by atoms with Crippen molar-refractivity contribution in [2.24, 2.45) is 11.3 Å². The van der Waals surface area contributed by atoms with Crippen molar-refractivity contribution in [3.05, 3.63) is 18.2 Å². The second-order valence-corrected chi connectivity index (χ2v) is 6.73. The van der Waals surface area contributed by atoms with Crippen molar-refractivity contribution in [3.8, 4) is 0 Å². The molecular formula is C16H29N3. The van der Waals surface area contributed by atoms with Crippen LogP contribution in [0.4, 0.5) is 0 Å². The Morgan fingerprint density at radius 2 is 2.11 bits per heavy atom. The topological polar surface area (TPSA) is 29.9 Å². The normalized spacial score (nSPS) is 21.5. The van der Waals surface area contributed by atoms with Gasteiger partial charge in [-0.2, -0.15) is 0 Å². The molecule has 0 radical (unpaired) electrons. The van der Waals surface area contributed by atoms with Crippen LogP contribution in [0, 0.1) is 11.3 Å². The molecule has 1 saturated carbocycles. The van der Waals surface area contributed by atoms with E-state index in [1.54, 1.807) is 0 Å². The number of hydrogen-bond acceptors (Lipinski definition) is 2. The molecule has 1 N–H and O–H groups in total. The third-order valence-electron chi connectivity index (χ3n) is 4.87. The number of rotatable bonds is 5. The molecule has 1 heterocycles. The molecule has 0 saturated heterocycles. The molecule has 108 valence electrons. The first kappa shape index (κ1) is 14.6. The summed E-state index contributed by atoms with van der Waals surface area (Å²) in [6.07, 6.45) is 10.5. The van der Waals surface area contributed by atoms with Gasteiger partial charge in [0.05, 0.1) is 0 Å². The Balaban J connectivity index is 1.97. The molecule has 1 aliphatic carbocycles. The molecule has 0 aliphatic heterocycles. The van der Waals surface area contributed by atoms with Gasteiger partial charge in [0.1, 0.15) is 5.82 Å². The van der Waals surface area contributed by atoms with Crippen molar-refractivity contribution in [1.82, 2.24) is 14.9 Å². The average Bonchev–Trinajstić information content (AvgIpc) is 2.83. The van der Waals surface area contributed by atoms with E-state index in [1.807, 2.05) is 6.20 Å². The van der Waals surface area contributed by atoms with Crippen LogP contribution in [-0.2, 0) is 13.0 Å². The maximum Gasteiger partial charge on any atom is 0.110 e. The van der Waals surface area contributed by atoms with E-state index in [2.05, 4.69) is 48.9 Å². The molecule has 2 rings (SSSR count). The van der Waals surface area contributed by atoms with E-state index < -0.39 is 0 Å². The SMILES string of the molecule is CCn1ccnc1CC(NC)C1CCC(C)(C)CC1. The molecule has 3 heteroatoms. The fourth-order valence-corrected chi connectivity index (χ4v) is 3.34. The summed E-state index contributed by atoms with van der Waals surface area (Å²) in [5, 5.41) is 3.54. The van der Waals surface area contributed by atoms with Crippen molar-refractivity contribution in [1.29, 1.82) is 0 Å². The van der Waals surface area contributed by atoms with Crippen molar-refractivity contribution in [2.45, 2.75) is 65.5 Å². The number of imidazole rings is 1. The van der Waals surface area contributed by atoms with Gasteiger partial charge in [0, 0.05) is 31.4 Å². The maximum atomic E-state index is 4.52. The number of hydrogen-bond donors (Lipinski definition) is 1. The molecule has 1 aliphatic rings. The van der Waals surface area contributed by atoms with Crippen LogP contribution >= 0.6 is 0 Å². The van der Waals surface area contributed by atoms with Crippen LogP contribution in [0.15, 0.2) is 12.4 Å². The summed E-state index contributed by atoms with van der Waals surface area (Å²) in [7, 11) is 2.10. The Morgan fingerprint density at radius 1 is 1.42 bits per heavy atom. The fourth-order valence-electron chi connectivity index (χ4n) is 3.34. The summed E-state index contributed by atoms with van der Waals surface area (Å²) in [6.45, 7) is 8.01. The van der Waals surface area contributed by atoms with Crippen molar-refractivity contribution in [3.63, 3.8) is 0 Å². The van der Waals surface area contributed by atoms with Crippen molar-refractivity contribution in [2.75, 3.05) is 7.05 Å². The zero-order valence-electron chi connectivity index (χ0n) is 12.9. The standard InChI is InChI=1S/C16H29N3/c1-5-19-11-10-18-15(19)12-14(17-4)13-6-8-16(2,3)9-7-13/h10-11,13-14,17H,5-9,12H2,1-4H3. The van der Waals surface area contributed by atoms with Gasteiger partial charge in [-0.3, -0.25) is 0 Å². The smallest absolute Gasteiger partial charge is 0.110 e. The molecule has 0 amide bonds. The molecule has 1 aromatic heterocycles. The minimum atomic E-state index is 0.552. The van der Waals surface area contributed by atoms with Crippen LogP contribution in [0.3, 0.4) is 0 Å². The molecule has 0 spiro atoms. The number of likely N-dealkylation sites (N-methyl/N-ethyl adjacent to an activating group) is 1. The summed E-state index contributed by atoms with van der Waals surface area (Å²) >= 11 is 0. The lowest BCUT2D eigenvalue weighted by molar-refractivity contribution is 0.162. The summed E-state index contributed by atoms with van der Waals surface area (Å²) in [5.74, 6) is 2.03. The summed E-state index contributed by atoms with van der Waals surface area (Å²) in [4.78, 5) is 4.52. The first-order chi connectivity index (χ1) is 9.05. The first-order valence-corrected chi connectivity index (χ1v) is 7.73. The molecule has 0 bridgehead atoms. The fraction of sp³-hybridized carbons (Fsp3) is 0.812. The highest BCUT2D eigenvalue weighted by Gasteiger charge is 2.31. The van der Waals surface area contributed by atoms with Gasteiger partial charge >= 0.3 is 0 Å². The predicted octanol–water partition coefficient (Wildman–Crippen LogP) is 3.25. The highest BCUT2D eigenvalue weighted by Crippen LogP contribution is 2.39.